The van der Waals surface area contributed by atoms with Gasteiger partial charge in [0.15, 0.2) is 0 Å². The third kappa shape index (κ3) is 5.66. The minimum Gasteiger partial charge on any atom is -0.327 e. The molecule has 0 aliphatic carbocycles. The number of likely N-dealkylation sites (tertiary alicyclic amines) is 1. The minimum atomic E-state index is -0.154. The molecule has 1 aliphatic rings. The highest BCUT2D eigenvalue weighted by atomic mass is 35.5. The summed E-state index contributed by atoms with van der Waals surface area (Å²) in [6.45, 7) is 3.14. The number of piperidine rings is 1. The first-order chi connectivity index (χ1) is 10.4. The average Bonchev–Trinajstić information content (AvgIpc) is 2.43. The number of amides is 1. The minimum absolute atomic E-state index is 0. The Balaban J connectivity index is 0.00000264. The average molecular weight is 401 g/mol. The molecule has 3 N–H and O–H groups in total. The van der Waals surface area contributed by atoms with E-state index in [1.165, 1.54) is 0 Å². The standard InChI is InChI=1S/C15H20Cl3N3O.ClH/c1-9(19)13-4-2-3-5-21(13)8-14(22)20-15-11(17)6-10(16)7-12(15)18;/h6-7,9,13H,2-5,8,19H2,1H3,(H,20,22);1H. The fourth-order valence-electron chi connectivity index (χ4n) is 2.83. The number of hydrogen-bond donors (Lipinski definition) is 2. The van der Waals surface area contributed by atoms with Crippen LogP contribution in [0.2, 0.25) is 15.1 Å². The lowest BCUT2D eigenvalue weighted by molar-refractivity contribution is -0.118. The maximum absolute atomic E-state index is 12.3. The fourth-order valence-corrected chi connectivity index (χ4v) is 3.74. The van der Waals surface area contributed by atoms with Crippen molar-refractivity contribution in [3.63, 3.8) is 0 Å². The van der Waals surface area contributed by atoms with Crippen molar-refractivity contribution in [1.82, 2.24) is 4.90 Å². The first-order valence-electron chi connectivity index (χ1n) is 7.32. The Morgan fingerprint density at radius 1 is 1.35 bits per heavy atom. The van der Waals surface area contributed by atoms with Gasteiger partial charge in [-0.15, -0.1) is 12.4 Å². The van der Waals surface area contributed by atoms with E-state index in [4.69, 9.17) is 40.5 Å². The SMILES string of the molecule is CC(N)C1CCCCN1CC(=O)Nc1c(Cl)cc(Cl)cc1Cl.Cl. The highest BCUT2D eigenvalue weighted by Gasteiger charge is 2.27. The largest absolute Gasteiger partial charge is 0.327 e. The predicted octanol–water partition coefficient (Wildman–Crippen LogP) is 4.21. The van der Waals surface area contributed by atoms with E-state index in [1.807, 2.05) is 6.92 Å². The van der Waals surface area contributed by atoms with Gasteiger partial charge >= 0.3 is 0 Å². The van der Waals surface area contributed by atoms with Crippen LogP contribution >= 0.6 is 47.2 Å². The van der Waals surface area contributed by atoms with Crippen LogP contribution in [-0.4, -0.2) is 36.0 Å². The summed E-state index contributed by atoms with van der Waals surface area (Å²) in [7, 11) is 0. The van der Waals surface area contributed by atoms with Gasteiger partial charge in [-0.2, -0.15) is 0 Å². The van der Waals surface area contributed by atoms with Crippen molar-refractivity contribution < 1.29 is 4.79 Å². The van der Waals surface area contributed by atoms with Gasteiger partial charge in [-0.1, -0.05) is 41.2 Å². The highest BCUT2D eigenvalue weighted by Crippen LogP contribution is 2.33. The van der Waals surface area contributed by atoms with Crippen molar-refractivity contribution in [2.24, 2.45) is 5.73 Å². The summed E-state index contributed by atoms with van der Waals surface area (Å²) in [5.41, 5.74) is 6.42. The molecule has 2 unspecified atom stereocenters. The Hall–Kier alpha value is -0.230. The zero-order valence-electron chi connectivity index (χ0n) is 12.8. The quantitative estimate of drug-likeness (QED) is 0.795. The molecular weight excluding hydrogens is 380 g/mol. The lowest BCUT2D eigenvalue weighted by atomic mass is 9.97. The van der Waals surface area contributed by atoms with Crippen molar-refractivity contribution in [2.75, 3.05) is 18.4 Å². The molecule has 0 radical (unpaired) electrons. The molecule has 1 fully saturated rings. The molecule has 23 heavy (non-hydrogen) atoms. The van der Waals surface area contributed by atoms with Crippen LogP contribution in [0.3, 0.4) is 0 Å². The van der Waals surface area contributed by atoms with E-state index in [0.717, 1.165) is 25.8 Å². The van der Waals surface area contributed by atoms with Crippen LogP contribution < -0.4 is 11.1 Å². The smallest absolute Gasteiger partial charge is 0.238 e. The first kappa shape index (κ1) is 20.8. The zero-order chi connectivity index (χ0) is 16.3. The van der Waals surface area contributed by atoms with Crippen LogP contribution in [-0.2, 0) is 4.79 Å². The lowest BCUT2D eigenvalue weighted by Crippen LogP contribution is -2.51. The van der Waals surface area contributed by atoms with Crippen molar-refractivity contribution >= 4 is 58.8 Å². The molecule has 2 atom stereocenters. The molecule has 0 aromatic heterocycles. The molecule has 0 saturated carbocycles. The molecule has 2 rings (SSSR count). The van der Waals surface area contributed by atoms with Gasteiger partial charge in [-0.25, -0.2) is 0 Å². The second kappa shape index (κ2) is 9.30. The molecular formula is C15H21Cl4N3O. The van der Waals surface area contributed by atoms with Gasteiger partial charge in [0.25, 0.3) is 0 Å². The molecule has 1 aromatic carbocycles. The number of nitrogens with zero attached hydrogens (tertiary/aromatic N) is 1. The second-order valence-corrected chi connectivity index (χ2v) is 6.94. The molecule has 1 aliphatic heterocycles. The summed E-state index contributed by atoms with van der Waals surface area (Å²) in [4.78, 5) is 14.4. The number of carbonyl (C=O) groups excluding carboxylic acids is 1. The first-order valence-corrected chi connectivity index (χ1v) is 8.46. The van der Waals surface area contributed by atoms with E-state index in [9.17, 15) is 4.79 Å². The Labute approximate surface area is 158 Å². The molecule has 4 nitrogen and oxygen atoms in total. The van der Waals surface area contributed by atoms with E-state index in [1.54, 1.807) is 12.1 Å². The highest BCUT2D eigenvalue weighted by molar-refractivity contribution is 6.42. The summed E-state index contributed by atoms with van der Waals surface area (Å²) in [5, 5.41) is 3.85. The summed E-state index contributed by atoms with van der Waals surface area (Å²) in [6, 6.07) is 3.37. The number of hydrogen-bond acceptors (Lipinski definition) is 3. The number of nitrogens with two attached hydrogens (primary N) is 1. The van der Waals surface area contributed by atoms with Gasteiger partial charge in [0.2, 0.25) is 5.91 Å². The van der Waals surface area contributed by atoms with Crippen LogP contribution in [0, 0.1) is 0 Å². The predicted molar refractivity (Wildman–Crippen MR) is 100 cm³/mol. The number of benzene rings is 1. The van der Waals surface area contributed by atoms with Crippen LogP contribution in [0.25, 0.3) is 0 Å². The summed E-state index contributed by atoms with van der Waals surface area (Å²) < 4.78 is 0. The van der Waals surface area contributed by atoms with Crippen LogP contribution in [0.4, 0.5) is 5.69 Å². The molecule has 8 heteroatoms. The van der Waals surface area contributed by atoms with E-state index in [2.05, 4.69) is 10.2 Å². The summed E-state index contributed by atoms with van der Waals surface area (Å²) in [6.07, 6.45) is 3.26. The Morgan fingerprint density at radius 2 is 1.96 bits per heavy atom. The maximum atomic E-state index is 12.3. The molecule has 0 spiro atoms. The molecule has 1 saturated heterocycles. The molecule has 1 amide bonds. The van der Waals surface area contributed by atoms with Crippen molar-refractivity contribution in [1.29, 1.82) is 0 Å². The van der Waals surface area contributed by atoms with Crippen molar-refractivity contribution in [3.05, 3.63) is 27.2 Å². The summed E-state index contributed by atoms with van der Waals surface area (Å²) in [5.74, 6) is -0.154. The third-order valence-electron chi connectivity index (χ3n) is 3.89. The van der Waals surface area contributed by atoms with Gasteiger partial charge < -0.3 is 11.1 Å². The van der Waals surface area contributed by atoms with Gasteiger partial charge in [0.05, 0.1) is 22.3 Å². The van der Waals surface area contributed by atoms with Crippen LogP contribution in [0.1, 0.15) is 26.2 Å². The topological polar surface area (TPSA) is 58.4 Å². The third-order valence-corrected chi connectivity index (χ3v) is 4.70. The van der Waals surface area contributed by atoms with Crippen molar-refractivity contribution in [2.45, 2.75) is 38.3 Å². The summed E-state index contributed by atoms with van der Waals surface area (Å²) >= 11 is 18.0. The molecule has 1 aromatic rings. The van der Waals surface area contributed by atoms with Gasteiger partial charge in [0.1, 0.15) is 0 Å². The normalized spacial score (nSPS) is 19.8. The number of carbonyl (C=O) groups is 1. The number of rotatable bonds is 4. The van der Waals surface area contributed by atoms with Gasteiger partial charge in [0, 0.05) is 17.1 Å². The Kier molecular flexibility index (Phi) is 8.42. The van der Waals surface area contributed by atoms with E-state index >= 15 is 0 Å². The second-order valence-electron chi connectivity index (χ2n) is 5.69. The van der Waals surface area contributed by atoms with Crippen LogP contribution in [0.5, 0.6) is 0 Å². The van der Waals surface area contributed by atoms with Crippen molar-refractivity contribution in [3.8, 4) is 0 Å². The lowest BCUT2D eigenvalue weighted by Gasteiger charge is -2.37. The van der Waals surface area contributed by atoms with E-state index in [0.29, 0.717) is 20.8 Å². The maximum Gasteiger partial charge on any atom is 0.238 e. The molecule has 130 valence electrons. The number of anilines is 1. The van der Waals surface area contributed by atoms with Gasteiger partial charge in [-0.3, -0.25) is 9.69 Å². The number of nitrogens with one attached hydrogen (secondary N) is 1. The van der Waals surface area contributed by atoms with Gasteiger partial charge in [-0.05, 0) is 38.4 Å². The fraction of sp³-hybridized carbons (Fsp3) is 0.533. The monoisotopic (exact) mass is 399 g/mol. The van der Waals surface area contributed by atoms with Crippen LogP contribution in [0.15, 0.2) is 12.1 Å². The molecule has 1 heterocycles. The van der Waals surface area contributed by atoms with E-state index in [-0.39, 0.29) is 36.9 Å². The number of halogens is 4. The Bertz CT molecular complexity index is 531. The van der Waals surface area contributed by atoms with E-state index < -0.39 is 0 Å². The Morgan fingerprint density at radius 3 is 2.52 bits per heavy atom. The zero-order valence-corrected chi connectivity index (χ0v) is 15.9. The molecule has 0 bridgehead atoms.